The van der Waals surface area contributed by atoms with Crippen molar-refractivity contribution in [2.75, 3.05) is 23.3 Å². The molecule has 0 aliphatic carbocycles. The van der Waals surface area contributed by atoms with Crippen LogP contribution in [0.2, 0.25) is 0 Å². The van der Waals surface area contributed by atoms with Crippen LogP contribution in [0.5, 0.6) is 0 Å². The average Bonchev–Trinajstić information content (AvgIpc) is 3.16. The lowest BCUT2D eigenvalue weighted by molar-refractivity contribution is 0.509. The van der Waals surface area contributed by atoms with Crippen LogP contribution in [-0.4, -0.2) is 32.6 Å². The summed E-state index contributed by atoms with van der Waals surface area (Å²) >= 11 is 0. The number of rotatable bonds is 6. The minimum absolute atomic E-state index is 0.605. The fraction of sp³-hybridized carbons (Fsp3) is 0.562. The van der Waals surface area contributed by atoms with Crippen molar-refractivity contribution in [2.45, 2.75) is 39.8 Å². The predicted octanol–water partition coefficient (Wildman–Crippen LogP) is 2.54. The largest absolute Gasteiger partial charge is 0.363 e. The highest BCUT2D eigenvalue weighted by Gasteiger charge is 2.14. The maximum Gasteiger partial charge on any atom is 0.134 e. The summed E-state index contributed by atoms with van der Waals surface area (Å²) in [7, 11) is 0. The Kier molecular flexibility index (Phi) is 4.56. The Bertz CT molecular complexity index is 600. The SMILES string of the molecule is CC(C)Cn1ccnc1CNc1cc(N2CCCC2)ncn1. The van der Waals surface area contributed by atoms with Crippen molar-refractivity contribution < 1.29 is 0 Å². The van der Waals surface area contributed by atoms with Crippen molar-refractivity contribution in [2.24, 2.45) is 5.92 Å². The number of nitrogens with zero attached hydrogens (tertiary/aromatic N) is 5. The van der Waals surface area contributed by atoms with Crippen molar-refractivity contribution in [1.29, 1.82) is 0 Å². The summed E-state index contributed by atoms with van der Waals surface area (Å²) in [5.41, 5.74) is 0. The van der Waals surface area contributed by atoms with Crippen molar-refractivity contribution in [3.8, 4) is 0 Å². The molecule has 118 valence electrons. The van der Waals surface area contributed by atoms with Crippen LogP contribution in [0.15, 0.2) is 24.8 Å². The first-order chi connectivity index (χ1) is 10.7. The van der Waals surface area contributed by atoms with Gasteiger partial charge in [-0.2, -0.15) is 0 Å². The van der Waals surface area contributed by atoms with Crippen LogP contribution in [-0.2, 0) is 13.1 Å². The molecule has 6 heteroatoms. The molecule has 0 spiro atoms. The lowest BCUT2D eigenvalue weighted by atomic mass is 10.2. The molecule has 1 saturated heterocycles. The van der Waals surface area contributed by atoms with E-state index in [-0.39, 0.29) is 0 Å². The monoisotopic (exact) mass is 300 g/mol. The molecular formula is C16H24N6. The number of nitrogens with one attached hydrogen (secondary N) is 1. The van der Waals surface area contributed by atoms with E-state index in [2.05, 4.69) is 43.6 Å². The summed E-state index contributed by atoms with van der Waals surface area (Å²) in [6, 6.07) is 2.03. The normalized spacial score (nSPS) is 14.8. The molecule has 6 nitrogen and oxygen atoms in total. The van der Waals surface area contributed by atoms with Gasteiger partial charge in [0, 0.05) is 38.1 Å². The van der Waals surface area contributed by atoms with E-state index in [0.717, 1.165) is 37.1 Å². The first-order valence-electron chi connectivity index (χ1n) is 8.03. The van der Waals surface area contributed by atoms with Gasteiger partial charge in [0.2, 0.25) is 0 Å². The van der Waals surface area contributed by atoms with Gasteiger partial charge in [0.05, 0.1) is 6.54 Å². The highest BCUT2D eigenvalue weighted by atomic mass is 15.2. The molecule has 1 N–H and O–H groups in total. The second kappa shape index (κ2) is 6.77. The molecule has 0 saturated carbocycles. The quantitative estimate of drug-likeness (QED) is 0.888. The number of hydrogen-bond donors (Lipinski definition) is 1. The molecule has 2 aromatic rings. The Morgan fingerprint density at radius 2 is 2.00 bits per heavy atom. The average molecular weight is 300 g/mol. The minimum Gasteiger partial charge on any atom is -0.363 e. The van der Waals surface area contributed by atoms with Crippen molar-refractivity contribution in [3.05, 3.63) is 30.6 Å². The van der Waals surface area contributed by atoms with Crippen LogP contribution in [0.1, 0.15) is 32.5 Å². The molecule has 0 bridgehead atoms. The van der Waals surface area contributed by atoms with Crippen LogP contribution in [0.3, 0.4) is 0 Å². The summed E-state index contributed by atoms with van der Waals surface area (Å²) in [5, 5.41) is 3.36. The zero-order valence-electron chi connectivity index (χ0n) is 13.4. The molecular weight excluding hydrogens is 276 g/mol. The first-order valence-corrected chi connectivity index (χ1v) is 8.03. The molecule has 3 rings (SSSR count). The van der Waals surface area contributed by atoms with E-state index >= 15 is 0 Å². The number of imidazole rings is 1. The third-order valence-electron chi connectivity index (χ3n) is 3.87. The van der Waals surface area contributed by atoms with Gasteiger partial charge in [-0.05, 0) is 18.8 Å². The summed E-state index contributed by atoms with van der Waals surface area (Å²) < 4.78 is 2.19. The summed E-state index contributed by atoms with van der Waals surface area (Å²) in [5.74, 6) is 3.51. The molecule has 22 heavy (non-hydrogen) atoms. The molecule has 1 fully saturated rings. The molecule has 0 aromatic carbocycles. The van der Waals surface area contributed by atoms with Crippen molar-refractivity contribution in [1.82, 2.24) is 19.5 Å². The maximum absolute atomic E-state index is 4.43. The number of hydrogen-bond acceptors (Lipinski definition) is 5. The summed E-state index contributed by atoms with van der Waals surface area (Å²) in [6.07, 6.45) is 8.02. The Balaban J connectivity index is 1.64. The van der Waals surface area contributed by atoms with Crippen LogP contribution < -0.4 is 10.2 Å². The third kappa shape index (κ3) is 3.55. The van der Waals surface area contributed by atoms with Gasteiger partial charge in [0.15, 0.2) is 0 Å². The predicted molar refractivity (Wildman–Crippen MR) is 87.9 cm³/mol. The van der Waals surface area contributed by atoms with Gasteiger partial charge < -0.3 is 14.8 Å². The maximum atomic E-state index is 4.43. The lowest BCUT2D eigenvalue weighted by Crippen LogP contribution is -2.19. The van der Waals surface area contributed by atoms with Gasteiger partial charge in [-0.15, -0.1) is 0 Å². The minimum atomic E-state index is 0.605. The van der Waals surface area contributed by atoms with E-state index in [1.165, 1.54) is 12.8 Å². The van der Waals surface area contributed by atoms with Gasteiger partial charge >= 0.3 is 0 Å². The molecule has 2 aromatic heterocycles. The van der Waals surface area contributed by atoms with E-state index in [0.29, 0.717) is 12.5 Å². The smallest absolute Gasteiger partial charge is 0.134 e. The fourth-order valence-corrected chi connectivity index (χ4v) is 2.80. The Morgan fingerprint density at radius 3 is 2.77 bits per heavy atom. The van der Waals surface area contributed by atoms with Gasteiger partial charge in [-0.25, -0.2) is 15.0 Å². The van der Waals surface area contributed by atoms with E-state index < -0.39 is 0 Å². The first kappa shape index (κ1) is 14.8. The van der Waals surface area contributed by atoms with E-state index in [1.807, 2.05) is 18.5 Å². The highest BCUT2D eigenvalue weighted by Crippen LogP contribution is 2.19. The molecule has 1 aliphatic heterocycles. The van der Waals surface area contributed by atoms with Gasteiger partial charge in [0.25, 0.3) is 0 Å². The highest BCUT2D eigenvalue weighted by molar-refractivity contribution is 5.48. The summed E-state index contributed by atoms with van der Waals surface area (Å²) in [6.45, 7) is 8.27. The molecule has 1 aliphatic rings. The zero-order valence-corrected chi connectivity index (χ0v) is 13.4. The fourth-order valence-electron chi connectivity index (χ4n) is 2.80. The Morgan fingerprint density at radius 1 is 1.18 bits per heavy atom. The number of aromatic nitrogens is 4. The lowest BCUT2D eigenvalue weighted by Gasteiger charge is -2.17. The van der Waals surface area contributed by atoms with Crippen LogP contribution in [0.25, 0.3) is 0 Å². The molecule has 0 amide bonds. The van der Waals surface area contributed by atoms with E-state index in [9.17, 15) is 0 Å². The zero-order chi connectivity index (χ0) is 15.4. The molecule has 0 unspecified atom stereocenters. The van der Waals surface area contributed by atoms with Gasteiger partial charge in [-0.1, -0.05) is 13.8 Å². The summed E-state index contributed by atoms with van der Waals surface area (Å²) in [4.78, 5) is 15.4. The van der Waals surface area contributed by atoms with E-state index in [1.54, 1.807) is 6.33 Å². The second-order valence-corrected chi connectivity index (χ2v) is 6.20. The van der Waals surface area contributed by atoms with E-state index in [4.69, 9.17) is 0 Å². The van der Waals surface area contributed by atoms with Crippen LogP contribution in [0, 0.1) is 5.92 Å². The van der Waals surface area contributed by atoms with Crippen LogP contribution >= 0.6 is 0 Å². The number of anilines is 2. The topological polar surface area (TPSA) is 58.9 Å². The van der Waals surface area contributed by atoms with Crippen molar-refractivity contribution >= 4 is 11.6 Å². The van der Waals surface area contributed by atoms with Gasteiger partial charge in [-0.3, -0.25) is 0 Å². The third-order valence-corrected chi connectivity index (χ3v) is 3.87. The van der Waals surface area contributed by atoms with Crippen molar-refractivity contribution in [3.63, 3.8) is 0 Å². The Hall–Kier alpha value is -2.11. The standard InChI is InChI=1S/C16H24N6/c1-13(2)11-22-8-5-17-16(22)10-18-14-9-15(20-12-19-14)21-6-3-4-7-21/h5,8-9,12-13H,3-4,6-7,10-11H2,1-2H3,(H,18,19,20). The van der Waals surface area contributed by atoms with Crippen LogP contribution in [0.4, 0.5) is 11.6 Å². The molecule has 0 atom stereocenters. The Labute approximate surface area is 131 Å². The molecule has 0 radical (unpaired) electrons. The van der Waals surface area contributed by atoms with Gasteiger partial charge in [0.1, 0.15) is 23.8 Å². The molecule has 3 heterocycles. The second-order valence-electron chi connectivity index (χ2n) is 6.20.